The Morgan fingerprint density at radius 3 is 2.43 bits per heavy atom. The van der Waals surface area contributed by atoms with Gasteiger partial charge in [-0.3, -0.25) is 4.79 Å². The molecule has 0 bridgehead atoms. The number of carbonyl (C=O) groups is 2. The Morgan fingerprint density at radius 2 is 1.95 bits per heavy atom. The molecular formula is C14H26N2O5. The van der Waals surface area contributed by atoms with E-state index in [1.165, 1.54) is 0 Å². The summed E-state index contributed by atoms with van der Waals surface area (Å²) in [6, 6.07) is -0.220. The van der Waals surface area contributed by atoms with Crippen LogP contribution in [0.25, 0.3) is 0 Å². The normalized spacial score (nSPS) is 17.8. The third-order valence-electron chi connectivity index (χ3n) is 3.77. The van der Waals surface area contributed by atoms with Crippen LogP contribution in [0.15, 0.2) is 0 Å². The van der Waals surface area contributed by atoms with E-state index >= 15 is 0 Å². The summed E-state index contributed by atoms with van der Waals surface area (Å²) in [5, 5.41) is 20.5. The number of aliphatic carboxylic acids is 1. The number of piperidine rings is 1. The summed E-state index contributed by atoms with van der Waals surface area (Å²) in [5.41, 5.74) is 0. The fraction of sp³-hybridized carbons (Fsp3) is 0.857. The van der Waals surface area contributed by atoms with Crippen LogP contribution in [0.5, 0.6) is 0 Å². The summed E-state index contributed by atoms with van der Waals surface area (Å²) in [6.07, 6.45) is 1.56. The van der Waals surface area contributed by atoms with Gasteiger partial charge in [0.05, 0.1) is 25.2 Å². The number of hydrogen-bond acceptors (Lipinski definition) is 4. The van der Waals surface area contributed by atoms with Gasteiger partial charge in [0, 0.05) is 19.6 Å². The maximum atomic E-state index is 12.0. The number of aliphatic hydroxyl groups excluding tert-OH is 1. The van der Waals surface area contributed by atoms with Crippen LogP contribution in [-0.4, -0.2) is 66.1 Å². The van der Waals surface area contributed by atoms with E-state index in [1.54, 1.807) is 4.90 Å². The van der Waals surface area contributed by atoms with Crippen molar-refractivity contribution in [3.63, 3.8) is 0 Å². The zero-order valence-corrected chi connectivity index (χ0v) is 12.7. The first kappa shape index (κ1) is 17.7. The fourth-order valence-electron chi connectivity index (χ4n) is 2.36. The summed E-state index contributed by atoms with van der Waals surface area (Å²) in [5.74, 6) is -1.48. The SMILES string of the molecule is CC(C)C(CNC(=O)N1CCC(OCCO)CC1)C(=O)O. The first-order chi connectivity index (χ1) is 9.95. The Labute approximate surface area is 125 Å². The molecule has 2 amide bonds. The van der Waals surface area contributed by atoms with Crippen molar-refractivity contribution in [3.8, 4) is 0 Å². The number of hydrogen-bond donors (Lipinski definition) is 3. The molecule has 0 aromatic rings. The van der Waals surface area contributed by atoms with Gasteiger partial charge in [-0.05, 0) is 18.8 Å². The molecule has 1 saturated heterocycles. The summed E-state index contributed by atoms with van der Waals surface area (Å²) in [6.45, 7) is 5.30. The highest BCUT2D eigenvalue weighted by molar-refractivity contribution is 5.76. The lowest BCUT2D eigenvalue weighted by Gasteiger charge is -2.32. The third kappa shape index (κ3) is 5.89. The fourth-order valence-corrected chi connectivity index (χ4v) is 2.36. The Hall–Kier alpha value is -1.34. The van der Waals surface area contributed by atoms with Crippen LogP contribution >= 0.6 is 0 Å². The van der Waals surface area contributed by atoms with Crippen LogP contribution in [0, 0.1) is 11.8 Å². The van der Waals surface area contributed by atoms with E-state index in [0.29, 0.717) is 19.7 Å². The summed E-state index contributed by atoms with van der Waals surface area (Å²) in [4.78, 5) is 24.8. The molecule has 0 saturated carbocycles. The lowest BCUT2D eigenvalue weighted by molar-refractivity contribution is -0.142. The van der Waals surface area contributed by atoms with Gasteiger partial charge in [-0.2, -0.15) is 0 Å². The highest BCUT2D eigenvalue weighted by Crippen LogP contribution is 2.14. The average Bonchev–Trinajstić information content (AvgIpc) is 2.44. The van der Waals surface area contributed by atoms with Crippen LogP contribution in [0.1, 0.15) is 26.7 Å². The lowest BCUT2D eigenvalue weighted by Crippen LogP contribution is -2.48. The quantitative estimate of drug-likeness (QED) is 0.637. The van der Waals surface area contributed by atoms with E-state index in [9.17, 15) is 9.59 Å². The highest BCUT2D eigenvalue weighted by atomic mass is 16.5. The van der Waals surface area contributed by atoms with Gasteiger partial charge in [-0.25, -0.2) is 4.79 Å². The number of likely N-dealkylation sites (tertiary alicyclic amines) is 1. The Kier molecular flexibility index (Phi) is 7.45. The predicted molar refractivity (Wildman–Crippen MR) is 77.0 cm³/mol. The molecule has 1 rings (SSSR count). The number of aliphatic hydroxyl groups is 1. The highest BCUT2D eigenvalue weighted by Gasteiger charge is 2.26. The molecule has 7 nitrogen and oxygen atoms in total. The van der Waals surface area contributed by atoms with E-state index in [2.05, 4.69) is 5.32 Å². The van der Waals surface area contributed by atoms with Gasteiger partial charge in [0.1, 0.15) is 0 Å². The molecule has 21 heavy (non-hydrogen) atoms. The first-order valence-corrected chi connectivity index (χ1v) is 7.43. The maximum absolute atomic E-state index is 12.0. The van der Waals surface area contributed by atoms with Gasteiger partial charge in [0.15, 0.2) is 0 Å². The molecule has 0 spiro atoms. The van der Waals surface area contributed by atoms with Crippen LogP contribution in [-0.2, 0) is 9.53 Å². The van der Waals surface area contributed by atoms with Gasteiger partial charge in [0.2, 0.25) is 0 Å². The number of carbonyl (C=O) groups excluding carboxylic acids is 1. The second-order valence-electron chi connectivity index (χ2n) is 5.66. The molecule has 0 aromatic carbocycles. The van der Waals surface area contributed by atoms with E-state index in [4.69, 9.17) is 14.9 Å². The third-order valence-corrected chi connectivity index (χ3v) is 3.77. The van der Waals surface area contributed by atoms with Crippen LogP contribution < -0.4 is 5.32 Å². The van der Waals surface area contributed by atoms with Crippen LogP contribution in [0.2, 0.25) is 0 Å². The maximum Gasteiger partial charge on any atom is 0.317 e. The molecule has 0 radical (unpaired) electrons. The van der Waals surface area contributed by atoms with Crippen molar-refractivity contribution in [2.45, 2.75) is 32.8 Å². The summed E-state index contributed by atoms with van der Waals surface area (Å²) in [7, 11) is 0. The number of urea groups is 1. The van der Waals surface area contributed by atoms with E-state index in [0.717, 1.165) is 12.8 Å². The van der Waals surface area contributed by atoms with Crippen LogP contribution in [0.3, 0.4) is 0 Å². The second kappa shape index (κ2) is 8.84. The molecule has 1 fully saturated rings. The van der Waals surface area contributed by atoms with Gasteiger partial charge in [0.25, 0.3) is 0 Å². The number of nitrogens with one attached hydrogen (secondary N) is 1. The largest absolute Gasteiger partial charge is 0.481 e. The van der Waals surface area contributed by atoms with Crippen molar-refractivity contribution < 1.29 is 24.5 Å². The Balaban J connectivity index is 2.32. The average molecular weight is 302 g/mol. The summed E-state index contributed by atoms with van der Waals surface area (Å²) >= 11 is 0. The smallest absolute Gasteiger partial charge is 0.317 e. The number of ether oxygens (including phenoxy) is 1. The van der Waals surface area contributed by atoms with Crippen molar-refractivity contribution in [3.05, 3.63) is 0 Å². The van der Waals surface area contributed by atoms with Crippen molar-refractivity contribution in [1.82, 2.24) is 10.2 Å². The molecule has 122 valence electrons. The van der Waals surface area contributed by atoms with Crippen molar-refractivity contribution >= 4 is 12.0 Å². The minimum atomic E-state index is -0.888. The second-order valence-corrected chi connectivity index (χ2v) is 5.66. The molecule has 1 heterocycles. The molecule has 1 unspecified atom stereocenters. The van der Waals surface area contributed by atoms with Crippen molar-refractivity contribution in [1.29, 1.82) is 0 Å². The van der Waals surface area contributed by atoms with Gasteiger partial charge in [-0.1, -0.05) is 13.8 Å². The monoisotopic (exact) mass is 302 g/mol. The Bertz CT molecular complexity index is 340. The zero-order valence-electron chi connectivity index (χ0n) is 12.7. The first-order valence-electron chi connectivity index (χ1n) is 7.43. The predicted octanol–water partition coefficient (Wildman–Crippen LogP) is 0.526. The minimum absolute atomic E-state index is 0.00643. The van der Waals surface area contributed by atoms with E-state index < -0.39 is 11.9 Å². The molecule has 0 aromatic heterocycles. The molecule has 1 atom stereocenters. The topological polar surface area (TPSA) is 99.1 Å². The van der Waals surface area contributed by atoms with E-state index in [-0.39, 0.29) is 31.2 Å². The number of carboxylic acids is 1. The number of carboxylic acid groups (broad SMARTS) is 1. The molecule has 7 heteroatoms. The zero-order chi connectivity index (χ0) is 15.8. The molecule has 1 aliphatic rings. The Morgan fingerprint density at radius 1 is 1.33 bits per heavy atom. The van der Waals surface area contributed by atoms with Crippen LogP contribution in [0.4, 0.5) is 4.79 Å². The number of rotatable bonds is 7. The molecule has 3 N–H and O–H groups in total. The number of amides is 2. The van der Waals surface area contributed by atoms with Gasteiger partial charge < -0.3 is 25.2 Å². The van der Waals surface area contributed by atoms with E-state index in [1.807, 2.05) is 13.8 Å². The lowest BCUT2D eigenvalue weighted by atomic mass is 9.96. The molecule has 1 aliphatic heterocycles. The van der Waals surface area contributed by atoms with Gasteiger partial charge >= 0.3 is 12.0 Å². The number of nitrogens with zero attached hydrogens (tertiary/aromatic N) is 1. The summed E-state index contributed by atoms with van der Waals surface area (Å²) < 4.78 is 5.44. The molecular weight excluding hydrogens is 276 g/mol. The van der Waals surface area contributed by atoms with Crippen molar-refractivity contribution in [2.24, 2.45) is 11.8 Å². The van der Waals surface area contributed by atoms with Gasteiger partial charge in [-0.15, -0.1) is 0 Å². The molecule has 0 aliphatic carbocycles. The minimum Gasteiger partial charge on any atom is -0.481 e. The van der Waals surface area contributed by atoms with Crippen molar-refractivity contribution in [2.75, 3.05) is 32.8 Å². The standard InChI is InChI=1S/C14H26N2O5/c1-10(2)12(13(18)19)9-15-14(20)16-5-3-11(4-6-16)21-8-7-17/h10-12,17H,3-9H2,1-2H3,(H,15,20)(H,18,19).